The minimum Gasteiger partial charge on any atom is -0.275 e. The van der Waals surface area contributed by atoms with Crippen molar-refractivity contribution >= 4 is 11.8 Å². The Balaban J connectivity index is 1.72. The zero-order valence-corrected chi connectivity index (χ0v) is 24.7. The quantitative estimate of drug-likeness (QED) is 0.132. The largest absolute Gasteiger partial charge is 0.275 e. The van der Waals surface area contributed by atoms with E-state index in [4.69, 9.17) is 19.6 Å². The molecule has 3 rings (SSSR count). The fourth-order valence-corrected chi connectivity index (χ4v) is 6.21. The number of carbonyl (C=O) groups excluding carboxylic acids is 2. The normalized spacial score (nSPS) is 33.1. The van der Waals surface area contributed by atoms with Crippen molar-refractivity contribution in [2.75, 3.05) is 6.54 Å². The highest BCUT2D eigenvalue weighted by atomic mass is 17.3. The molecule has 0 aromatic heterocycles. The van der Waals surface area contributed by atoms with Gasteiger partial charge in [0.05, 0.1) is 12.2 Å². The van der Waals surface area contributed by atoms with E-state index in [-0.39, 0.29) is 37.0 Å². The van der Waals surface area contributed by atoms with Crippen LogP contribution in [0, 0.1) is 35.5 Å². The molecule has 0 saturated heterocycles. The summed E-state index contributed by atoms with van der Waals surface area (Å²) in [4.78, 5) is 51.0. The summed E-state index contributed by atoms with van der Waals surface area (Å²) in [5.74, 6) is 1.13. The summed E-state index contributed by atoms with van der Waals surface area (Å²) in [6, 6.07) is 0. The first-order chi connectivity index (χ1) is 17.3. The summed E-state index contributed by atoms with van der Waals surface area (Å²) in [5.41, 5.74) is 0.987. The van der Waals surface area contributed by atoms with E-state index in [0.29, 0.717) is 46.7 Å². The van der Waals surface area contributed by atoms with Gasteiger partial charge in [-0.1, -0.05) is 54.4 Å². The van der Waals surface area contributed by atoms with E-state index >= 15 is 0 Å². The fourth-order valence-electron chi connectivity index (χ4n) is 6.21. The van der Waals surface area contributed by atoms with E-state index in [1.165, 1.54) is 17.7 Å². The fraction of sp³-hybridized carbons (Fsp3) is 0.867. The van der Waals surface area contributed by atoms with Crippen LogP contribution < -0.4 is 0 Å². The van der Waals surface area contributed by atoms with Crippen molar-refractivity contribution in [3.05, 3.63) is 11.1 Å². The Morgan fingerprint density at radius 3 is 1.57 bits per heavy atom. The van der Waals surface area contributed by atoms with Gasteiger partial charge >= 0.3 is 0 Å². The summed E-state index contributed by atoms with van der Waals surface area (Å²) in [5, 5.41) is 0. The van der Waals surface area contributed by atoms with E-state index in [2.05, 4.69) is 41.5 Å². The Morgan fingerprint density at radius 2 is 1.19 bits per heavy atom. The molecule has 2 fully saturated rings. The van der Waals surface area contributed by atoms with Crippen molar-refractivity contribution in [1.82, 2.24) is 4.90 Å². The van der Waals surface area contributed by atoms with Gasteiger partial charge in [0.2, 0.25) is 5.79 Å². The molecule has 1 heterocycles. The summed E-state index contributed by atoms with van der Waals surface area (Å²) in [7, 11) is 0. The Morgan fingerprint density at radius 1 is 0.784 bits per heavy atom. The highest BCUT2D eigenvalue weighted by molar-refractivity contribution is 6.18. The van der Waals surface area contributed by atoms with Crippen LogP contribution in [0.5, 0.6) is 0 Å². The van der Waals surface area contributed by atoms with Gasteiger partial charge in [-0.05, 0) is 82.0 Å². The second-order valence-corrected chi connectivity index (χ2v) is 13.0. The highest BCUT2D eigenvalue weighted by Crippen LogP contribution is 2.39. The number of nitrogens with zero attached hydrogens (tertiary/aromatic N) is 1. The van der Waals surface area contributed by atoms with Crippen molar-refractivity contribution in [2.24, 2.45) is 35.5 Å². The van der Waals surface area contributed by atoms with Crippen LogP contribution in [0.2, 0.25) is 0 Å². The first kappa shape index (κ1) is 30.3. The molecule has 0 N–H and O–H groups in total. The average Bonchev–Trinajstić information content (AvgIpc) is 3.02. The predicted molar refractivity (Wildman–Crippen MR) is 143 cm³/mol. The molecule has 0 bridgehead atoms. The lowest BCUT2D eigenvalue weighted by atomic mass is 9.75. The zero-order chi connectivity index (χ0) is 27.5. The van der Waals surface area contributed by atoms with E-state index < -0.39 is 5.79 Å². The van der Waals surface area contributed by atoms with Crippen LogP contribution in [0.15, 0.2) is 11.1 Å². The topological polar surface area (TPSA) is 74.3 Å². The Labute approximate surface area is 224 Å². The lowest BCUT2D eigenvalue weighted by Crippen LogP contribution is -2.44. The van der Waals surface area contributed by atoms with Gasteiger partial charge in [-0.25, -0.2) is 9.78 Å². The predicted octanol–water partition coefficient (Wildman–Crippen LogP) is 6.62. The molecule has 2 aliphatic carbocycles. The van der Waals surface area contributed by atoms with Gasteiger partial charge in [-0.15, -0.1) is 0 Å². The first-order valence-electron chi connectivity index (χ1n) is 14.6. The summed E-state index contributed by atoms with van der Waals surface area (Å²) in [6.07, 6.45) is 6.64. The lowest BCUT2D eigenvalue weighted by molar-refractivity contribution is -0.530. The maximum Gasteiger partial charge on any atom is 0.256 e. The monoisotopic (exact) mass is 521 g/mol. The summed E-state index contributed by atoms with van der Waals surface area (Å²) in [6.45, 7) is 18.8. The molecule has 6 unspecified atom stereocenters. The average molecular weight is 522 g/mol. The van der Waals surface area contributed by atoms with Crippen LogP contribution in [0.25, 0.3) is 0 Å². The van der Waals surface area contributed by atoms with Crippen molar-refractivity contribution in [3.63, 3.8) is 0 Å². The van der Waals surface area contributed by atoms with Crippen molar-refractivity contribution in [1.29, 1.82) is 0 Å². The molecule has 3 aliphatic rings. The molecule has 2 saturated carbocycles. The first-order valence-corrected chi connectivity index (χ1v) is 14.6. The van der Waals surface area contributed by atoms with Gasteiger partial charge in [-0.2, -0.15) is 9.78 Å². The highest BCUT2D eigenvalue weighted by Gasteiger charge is 2.41. The molecule has 0 aromatic rings. The molecule has 37 heavy (non-hydrogen) atoms. The number of carbonyl (C=O) groups is 2. The van der Waals surface area contributed by atoms with Crippen LogP contribution in [-0.4, -0.2) is 41.3 Å². The summed E-state index contributed by atoms with van der Waals surface area (Å²) < 4.78 is 0. The van der Waals surface area contributed by atoms with Crippen molar-refractivity contribution < 1.29 is 29.1 Å². The van der Waals surface area contributed by atoms with Gasteiger partial charge in [0.1, 0.15) is 0 Å². The Hall–Kier alpha value is -1.28. The number of hydrogen-bond donors (Lipinski definition) is 0. The lowest BCUT2D eigenvalue weighted by Gasteiger charge is -2.40. The van der Waals surface area contributed by atoms with Gasteiger partial charge in [0, 0.05) is 24.1 Å². The molecule has 212 valence electrons. The van der Waals surface area contributed by atoms with Crippen LogP contribution in [0.4, 0.5) is 0 Å². The Kier molecular flexibility index (Phi) is 10.4. The minimum absolute atomic E-state index is 0.0361. The van der Waals surface area contributed by atoms with Crippen LogP contribution in [0.1, 0.15) is 107 Å². The zero-order valence-electron chi connectivity index (χ0n) is 24.7. The van der Waals surface area contributed by atoms with Crippen molar-refractivity contribution in [2.45, 2.75) is 125 Å². The molecular formula is C30H51NO6. The molecule has 0 spiro atoms. The second kappa shape index (κ2) is 12.7. The third kappa shape index (κ3) is 7.43. The van der Waals surface area contributed by atoms with Crippen molar-refractivity contribution in [3.8, 4) is 0 Å². The SMILES string of the molecule is CC1=C(C)C(=O)N(CCC(C)(OOC2CC(C)CCC2C(C)C)OOC2CC(C)CCC2C(C)C)C1=O. The smallest absolute Gasteiger partial charge is 0.256 e. The number of hydrogen-bond acceptors (Lipinski definition) is 6. The van der Waals surface area contributed by atoms with Gasteiger partial charge < -0.3 is 0 Å². The maximum absolute atomic E-state index is 12.7. The van der Waals surface area contributed by atoms with E-state index in [9.17, 15) is 9.59 Å². The van der Waals surface area contributed by atoms with Gasteiger partial charge in [0.25, 0.3) is 11.8 Å². The molecule has 1 aliphatic heterocycles. The maximum atomic E-state index is 12.7. The van der Waals surface area contributed by atoms with Gasteiger partial charge in [-0.3, -0.25) is 14.5 Å². The minimum atomic E-state index is -1.27. The van der Waals surface area contributed by atoms with E-state index in [0.717, 1.165) is 25.7 Å². The van der Waals surface area contributed by atoms with E-state index in [1.54, 1.807) is 20.8 Å². The molecule has 0 aromatic carbocycles. The third-order valence-corrected chi connectivity index (χ3v) is 9.10. The van der Waals surface area contributed by atoms with Crippen LogP contribution in [-0.2, 0) is 29.1 Å². The molecular weight excluding hydrogens is 470 g/mol. The summed E-state index contributed by atoms with van der Waals surface area (Å²) >= 11 is 0. The molecule has 7 nitrogen and oxygen atoms in total. The number of rotatable bonds is 11. The number of amides is 2. The third-order valence-electron chi connectivity index (χ3n) is 9.10. The second-order valence-electron chi connectivity index (χ2n) is 13.0. The Bertz CT molecular complexity index is 776. The molecule has 7 heteroatoms. The molecule has 2 amide bonds. The van der Waals surface area contributed by atoms with Gasteiger partial charge in [0.15, 0.2) is 0 Å². The standard InChI is InChI=1S/C30H51NO6/c1-18(2)24-12-10-20(5)16-26(24)34-36-30(9,14-15-31-28(32)22(7)23(8)29(31)33)37-35-27-17-21(6)11-13-25(27)19(3)4/h18-21,24-27H,10-17H2,1-9H3. The molecule has 0 radical (unpaired) electrons. The van der Waals surface area contributed by atoms with Crippen LogP contribution in [0.3, 0.4) is 0 Å². The van der Waals surface area contributed by atoms with E-state index in [1.807, 2.05) is 0 Å². The number of imide groups is 1. The molecule has 6 atom stereocenters. The van der Waals surface area contributed by atoms with Crippen LogP contribution >= 0.6 is 0 Å².